The van der Waals surface area contributed by atoms with Gasteiger partial charge in [-0.2, -0.15) is 0 Å². The van der Waals surface area contributed by atoms with Crippen LogP contribution in [-0.2, 0) is 0 Å². The summed E-state index contributed by atoms with van der Waals surface area (Å²) >= 11 is 0. The lowest BCUT2D eigenvalue weighted by Crippen LogP contribution is -1.79. The predicted octanol–water partition coefficient (Wildman–Crippen LogP) is 0.884. The summed E-state index contributed by atoms with van der Waals surface area (Å²) in [6.07, 6.45) is 1.85. The fourth-order valence-electron chi connectivity index (χ4n) is 0.125. The number of hydrogen-bond acceptors (Lipinski definition) is 0. The van der Waals surface area contributed by atoms with Gasteiger partial charge >= 0.3 is 0 Å². The summed E-state index contributed by atoms with van der Waals surface area (Å²) in [6.45, 7) is 4.09. The van der Waals surface area contributed by atoms with E-state index >= 15 is 0 Å². The number of unbranched alkanes of at least 4 members (excludes halogenated alkanes) is 1. The lowest BCUT2D eigenvalue weighted by molar-refractivity contribution is 0.835. The molecule has 2 radical (unpaired) electrons. The van der Waals surface area contributed by atoms with Gasteiger partial charge in [0.2, 0.25) is 0 Å². The van der Waals surface area contributed by atoms with Crippen LogP contribution in [0, 0.1) is 6.92 Å². The highest BCUT2D eigenvalue weighted by molar-refractivity contribution is 4.37. The van der Waals surface area contributed by atoms with Crippen LogP contribution >= 0.6 is 0 Å². The highest BCUT2D eigenvalue weighted by Crippen LogP contribution is 1.77. The van der Waals surface area contributed by atoms with E-state index in [1.807, 2.05) is 0 Å². The molecule has 0 unspecified atom stereocenters. The molecule has 0 rings (SSSR count). The maximum Gasteiger partial charge on any atom is 0.00997 e. The van der Waals surface area contributed by atoms with Crippen molar-refractivity contribution in [3.05, 3.63) is 6.92 Å². The Morgan fingerprint density at radius 1 is 1.60 bits per heavy atom. The molecule has 5 heavy (non-hydrogen) atoms. The van der Waals surface area contributed by atoms with Crippen LogP contribution in [0.4, 0.5) is 0 Å². The van der Waals surface area contributed by atoms with Gasteiger partial charge in [0.15, 0.2) is 0 Å². The maximum atomic E-state index is 6.56. The van der Waals surface area contributed by atoms with E-state index in [1.165, 1.54) is 0 Å². The molecule has 1 N–H and O–H groups in total. The Kier molecular flexibility index (Phi) is 3.93. The zero-order valence-corrected chi connectivity index (χ0v) is 3.33. The van der Waals surface area contributed by atoms with Crippen molar-refractivity contribution < 1.29 is 0 Å². The van der Waals surface area contributed by atoms with E-state index in [0.717, 1.165) is 12.8 Å². The number of hydrogen-bond donors (Lipinski definition) is 0. The second-order valence-electron chi connectivity index (χ2n) is 0.957. The Hall–Kier alpha value is -0.0400. The molecule has 30 valence electrons. The van der Waals surface area contributed by atoms with Crippen LogP contribution < -0.4 is 5.73 Å². The van der Waals surface area contributed by atoms with Gasteiger partial charge in [-0.1, -0.05) is 13.3 Å². The minimum absolute atomic E-state index is 0.531. The smallest absolute Gasteiger partial charge is 0.00997 e. The van der Waals surface area contributed by atoms with Crippen molar-refractivity contribution in [2.75, 3.05) is 6.54 Å². The Morgan fingerprint density at radius 3 is 2.20 bits per heavy atom. The molecule has 0 aromatic heterocycles. The van der Waals surface area contributed by atoms with Crippen molar-refractivity contribution in [1.82, 2.24) is 5.73 Å². The minimum atomic E-state index is 0.531. The van der Waals surface area contributed by atoms with Gasteiger partial charge < -0.3 is 0 Å². The molecule has 0 atom stereocenters. The molecule has 0 saturated heterocycles. The predicted molar refractivity (Wildman–Crippen MR) is 22.6 cm³/mol. The molecule has 0 amide bonds. The van der Waals surface area contributed by atoms with E-state index in [0.29, 0.717) is 6.54 Å². The molecule has 1 nitrogen and oxygen atoms in total. The van der Waals surface area contributed by atoms with E-state index in [1.54, 1.807) is 0 Å². The van der Waals surface area contributed by atoms with Gasteiger partial charge in [0, 0.05) is 6.54 Å². The lowest BCUT2D eigenvalue weighted by Gasteiger charge is -1.78. The van der Waals surface area contributed by atoms with E-state index in [9.17, 15) is 0 Å². The van der Waals surface area contributed by atoms with Crippen molar-refractivity contribution in [2.24, 2.45) is 0 Å². The molecular formula is C4H9N. The third kappa shape index (κ3) is 3.96. The van der Waals surface area contributed by atoms with Gasteiger partial charge in [-0.05, 0) is 6.42 Å². The van der Waals surface area contributed by atoms with Gasteiger partial charge in [0.05, 0.1) is 0 Å². The van der Waals surface area contributed by atoms with Crippen LogP contribution in [0.5, 0.6) is 0 Å². The number of nitrogens with one attached hydrogen (secondary N) is 1. The molecule has 1 heteroatoms. The topological polar surface area (TPSA) is 23.8 Å². The van der Waals surface area contributed by atoms with Crippen LogP contribution in [0.1, 0.15) is 12.8 Å². The second kappa shape index (κ2) is 3.96. The summed E-state index contributed by atoms with van der Waals surface area (Å²) in [5.74, 6) is 0. The third-order valence-corrected chi connectivity index (χ3v) is 0.427. The number of rotatable bonds is 2. The molecule has 0 saturated carbocycles. The highest BCUT2D eigenvalue weighted by atomic mass is 14.5. The molecule has 0 fully saturated rings. The summed E-state index contributed by atoms with van der Waals surface area (Å²) in [5, 5.41) is 0. The summed E-state index contributed by atoms with van der Waals surface area (Å²) in [6, 6.07) is 0. The average Bonchev–Trinajstić information content (AvgIpc) is 1.41. The van der Waals surface area contributed by atoms with Crippen molar-refractivity contribution >= 4 is 0 Å². The van der Waals surface area contributed by atoms with Gasteiger partial charge in [-0.15, -0.1) is 0 Å². The molecule has 0 aliphatic carbocycles. The maximum absolute atomic E-state index is 6.56. The van der Waals surface area contributed by atoms with Crippen LogP contribution in [0.15, 0.2) is 0 Å². The SMILES string of the molecule is [CH2]CCC[NH]. The van der Waals surface area contributed by atoms with Gasteiger partial charge in [-0.3, -0.25) is 5.73 Å². The van der Waals surface area contributed by atoms with E-state index in [2.05, 4.69) is 6.92 Å². The van der Waals surface area contributed by atoms with Crippen molar-refractivity contribution in [3.8, 4) is 0 Å². The fraction of sp³-hybridized carbons (Fsp3) is 0.750. The Labute approximate surface area is 33.2 Å². The summed E-state index contributed by atoms with van der Waals surface area (Å²) in [4.78, 5) is 0. The van der Waals surface area contributed by atoms with Crippen LogP contribution in [0.25, 0.3) is 0 Å². The van der Waals surface area contributed by atoms with Crippen molar-refractivity contribution in [3.63, 3.8) is 0 Å². The van der Waals surface area contributed by atoms with E-state index < -0.39 is 0 Å². The standard InChI is InChI=1S/C4H9N/c1-2-3-4-5/h5H,1-4H2. The Bertz CT molecular complexity index is 11.1. The van der Waals surface area contributed by atoms with Gasteiger partial charge in [0.1, 0.15) is 0 Å². The van der Waals surface area contributed by atoms with Crippen LogP contribution in [0.2, 0.25) is 0 Å². The molecular weight excluding hydrogens is 62.1 g/mol. The summed E-state index contributed by atoms with van der Waals surface area (Å²) in [5.41, 5.74) is 6.56. The summed E-state index contributed by atoms with van der Waals surface area (Å²) in [7, 11) is 0. The first-order valence-electron chi connectivity index (χ1n) is 1.85. The minimum Gasteiger partial charge on any atom is -0.258 e. The Morgan fingerprint density at radius 2 is 2.20 bits per heavy atom. The van der Waals surface area contributed by atoms with Gasteiger partial charge in [-0.25, -0.2) is 0 Å². The molecule has 0 spiro atoms. The second-order valence-corrected chi connectivity index (χ2v) is 0.957. The zero-order chi connectivity index (χ0) is 4.12. The third-order valence-electron chi connectivity index (χ3n) is 0.427. The molecule has 0 heterocycles. The lowest BCUT2D eigenvalue weighted by atomic mass is 10.3. The molecule has 0 aromatic carbocycles. The van der Waals surface area contributed by atoms with Crippen molar-refractivity contribution in [2.45, 2.75) is 12.8 Å². The molecule has 0 bridgehead atoms. The largest absolute Gasteiger partial charge is 0.258 e. The van der Waals surface area contributed by atoms with Crippen molar-refractivity contribution in [1.29, 1.82) is 0 Å². The van der Waals surface area contributed by atoms with E-state index in [-0.39, 0.29) is 0 Å². The molecule has 0 aromatic rings. The molecule has 0 aliphatic heterocycles. The first kappa shape index (κ1) is 4.96. The average molecular weight is 71.1 g/mol. The van der Waals surface area contributed by atoms with Crippen LogP contribution in [-0.4, -0.2) is 6.54 Å². The monoisotopic (exact) mass is 71.1 g/mol. The van der Waals surface area contributed by atoms with Gasteiger partial charge in [0.25, 0.3) is 0 Å². The molecule has 0 aliphatic rings. The Balaban J connectivity index is 2.19. The summed E-state index contributed by atoms with van der Waals surface area (Å²) < 4.78 is 0. The van der Waals surface area contributed by atoms with E-state index in [4.69, 9.17) is 5.73 Å². The fourth-order valence-corrected chi connectivity index (χ4v) is 0.125. The quantitative estimate of drug-likeness (QED) is 0.461. The first-order valence-corrected chi connectivity index (χ1v) is 1.85. The normalized spacial score (nSPS) is 8.40. The first-order chi connectivity index (χ1) is 2.41. The highest BCUT2D eigenvalue weighted by Gasteiger charge is 1.69. The van der Waals surface area contributed by atoms with Crippen LogP contribution in [0.3, 0.4) is 0 Å². The zero-order valence-electron chi connectivity index (χ0n) is 3.33.